The van der Waals surface area contributed by atoms with Crippen LogP contribution < -0.4 is 0 Å². The summed E-state index contributed by atoms with van der Waals surface area (Å²) >= 11 is 1.88. The Hall–Kier alpha value is 1.21. The molecule has 0 saturated carbocycles. The molecule has 3 heteroatoms. The van der Waals surface area contributed by atoms with Crippen molar-refractivity contribution < 1.29 is 0 Å². The maximum Gasteiger partial charge on any atom is -0.0145 e. The van der Waals surface area contributed by atoms with Gasteiger partial charge in [-0.05, 0) is 12.9 Å². The van der Waals surface area contributed by atoms with Gasteiger partial charge in [-0.25, -0.2) is 0 Å². The smallest absolute Gasteiger partial charge is 0.0145 e. The third kappa shape index (κ3) is 11.0. The minimum atomic E-state index is 0. The summed E-state index contributed by atoms with van der Waals surface area (Å²) in [6.07, 6.45) is 2.11. The first-order chi connectivity index (χ1) is 1.91. The predicted octanol–water partition coefficient (Wildman–Crippen LogP) is 1.63. The molecule has 0 spiro atoms. The van der Waals surface area contributed by atoms with E-state index in [4.69, 9.17) is 0 Å². The quantitative estimate of drug-likeness (QED) is 0.483. The Bertz CT molecular complexity index is 9.61. The topological polar surface area (TPSA) is 0 Å². The summed E-state index contributed by atoms with van der Waals surface area (Å²) in [4.78, 5) is 0. The van der Waals surface area contributed by atoms with Gasteiger partial charge in [-0.2, -0.15) is 9.90 Å². The van der Waals surface area contributed by atoms with Gasteiger partial charge in [0.2, 0.25) is 0 Å². The fourth-order valence-electron chi connectivity index (χ4n) is 0. The average Bonchev–Trinajstić information content (AvgIpc) is 1.37. The van der Waals surface area contributed by atoms with Gasteiger partial charge in [-0.15, -0.1) is 11.4 Å². The summed E-state index contributed by atoms with van der Waals surface area (Å²) in [5.41, 5.74) is 0. The van der Waals surface area contributed by atoms with Crippen LogP contribution in [-0.4, -0.2) is 12.9 Å². The second-order valence-corrected chi connectivity index (χ2v) is 3.67. The first-order valence-corrected chi connectivity index (χ1v) is 4.56. The van der Waals surface area contributed by atoms with Gasteiger partial charge in [0.1, 0.15) is 0 Å². The van der Waals surface area contributed by atoms with Gasteiger partial charge in [0.15, 0.2) is 0 Å². The lowest BCUT2D eigenvalue weighted by atomic mass is 12.0. The molecule has 0 aliphatic heterocycles. The summed E-state index contributed by atoms with van der Waals surface area (Å²) in [6, 6.07) is 0. The van der Waals surface area contributed by atoms with Gasteiger partial charge in [-0.3, -0.25) is 0 Å². The molecule has 5 heavy (non-hydrogen) atoms. The van der Waals surface area contributed by atoms with E-state index >= 15 is 0 Å². The normalized spacial score (nSPS) is 8.40. The van der Waals surface area contributed by atoms with Crippen LogP contribution in [0.25, 0.3) is 0 Å². The molecule has 0 bridgehead atoms. The van der Waals surface area contributed by atoms with E-state index in [-0.39, 0.29) is 9.90 Å². The van der Waals surface area contributed by atoms with E-state index in [1.165, 1.54) is 0 Å². The molecule has 34 valence electrons. The van der Waals surface area contributed by atoms with Crippen LogP contribution in [0.1, 0.15) is 0 Å². The lowest BCUT2D eigenvalue weighted by Gasteiger charge is -1.70. The summed E-state index contributed by atoms with van der Waals surface area (Å²) < 4.78 is 0. The van der Waals surface area contributed by atoms with E-state index in [2.05, 4.69) is 12.9 Å². The van der Waals surface area contributed by atoms with Crippen molar-refractivity contribution in [2.45, 2.75) is 0 Å². The molecule has 0 aliphatic carbocycles. The molecule has 0 aromatic rings. The van der Waals surface area contributed by atoms with E-state index in [0.717, 1.165) is 7.78 Å². The first-order valence-electron chi connectivity index (χ1n) is 1.11. The number of hydrogen-bond acceptors (Lipinski definition) is 1. The van der Waals surface area contributed by atoms with E-state index in [1.807, 2.05) is 11.4 Å². The maximum atomic E-state index is 2.17. The first kappa shape index (κ1) is 9.51. The molecular formula is C2H10P2S. The Balaban J connectivity index is 0. The molecule has 0 aliphatic rings. The lowest BCUT2D eigenvalue weighted by molar-refractivity contribution is 2.48. The molecule has 0 aromatic carbocycles. The highest BCUT2D eigenvalue weighted by Crippen LogP contribution is 2.18. The Morgan fingerprint density at radius 1 is 1.60 bits per heavy atom. The average molecular weight is 128 g/mol. The third-order valence-electron chi connectivity index (χ3n) is 0.204. The monoisotopic (exact) mass is 128 g/mol. The summed E-state index contributed by atoms with van der Waals surface area (Å²) in [7, 11) is 1.06. The molecule has 0 aromatic heterocycles. The van der Waals surface area contributed by atoms with Crippen molar-refractivity contribution in [2.75, 3.05) is 12.9 Å². The van der Waals surface area contributed by atoms with Crippen molar-refractivity contribution in [3.63, 3.8) is 0 Å². The van der Waals surface area contributed by atoms with Crippen LogP contribution >= 0.6 is 29.1 Å². The predicted molar refractivity (Wildman–Crippen MR) is 38.9 cm³/mol. The molecule has 0 nitrogen and oxygen atoms in total. The second-order valence-electron chi connectivity index (χ2n) is 0.408. The highest BCUT2D eigenvalue weighted by molar-refractivity contribution is 8.49. The van der Waals surface area contributed by atoms with Gasteiger partial charge in [0, 0.05) is 0 Å². The van der Waals surface area contributed by atoms with E-state index in [0.29, 0.717) is 0 Å². The molecule has 0 saturated heterocycles. The zero-order valence-corrected chi connectivity index (χ0v) is 6.85. The van der Waals surface area contributed by atoms with Crippen LogP contribution in [0.3, 0.4) is 0 Å². The Morgan fingerprint density at radius 2 is 1.80 bits per heavy atom. The standard InChI is InChI=1S/C2H7PS.H3P/c1-3-4-2;/h3H,1-2H3;1H3. The van der Waals surface area contributed by atoms with Crippen LogP contribution in [0.4, 0.5) is 0 Å². The molecule has 0 radical (unpaired) electrons. The van der Waals surface area contributed by atoms with Crippen LogP contribution in [0, 0.1) is 0 Å². The van der Waals surface area contributed by atoms with Gasteiger partial charge >= 0.3 is 0 Å². The molecule has 0 heterocycles. The molecular weight excluding hydrogens is 118 g/mol. The van der Waals surface area contributed by atoms with Crippen LogP contribution in [0.5, 0.6) is 0 Å². The number of hydrogen-bond donors (Lipinski definition) is 0. The number of rotatable bonds is 1. The second kappa shape index (κ2) is 8.96. The Morgan fingerprint density at radius 3 is 1.80 bits per heavy atom. The molecule has 0 fully saturated rings. The molecule has 0 amide bonds. The Labute approximate surface area is 42.6 Å². The van der Waals surface area contributed by atoms with E-state index in [1.54, 1.807) is 0 Å². The molecule has 2 unspecified atom stereocenters. The fourth-order valence-corrected chi connectivity index (χ4v) is 0. The van der Waals surface area contributed by atoms with Crippen molar-refractivity contribution >= 4 is 29.1 Å². The lowest BCUT2D eigenvalue weighted by Crippen LogP contribution is -1.23. The van der Waals surface area contributed by atoms with E-state index in [9.17, 15) is 0 Å². The van der Waals surface area contributed by atoms with Gasteiger partial charge in [0.25, 0.3) is 0 Å². The largest absolute Gasteiger partial charge is 0.153 e. The van der Waals surface area contributed by atoms with Crippen LogP contribution in [-0.2, 0) is 0 Å². The zero-order chi connectivity index (χ0) is 3.41. The van der Waals surface area contributed by atoms with Crippen molar-refractivity contribution in [3.8, 4) is 0 Å². The minimum absolute atomic E-state index is 0. The maximum absolute atomic E-state index is 2.17. The van der Waals surface area contributed by atoms with Crippen LogP contribution in [0.15, 0.2) is 0 Å². The molecule has 0 N–H and O–H groups in total. The minimum Gasteiger partial charge on any atom is -0.153 e. The van der Waals surface area contributed by atoms with Gasteiger partial charge in [-0.1, -0.05) is 7.78 Å². The summed E-state index contributed by atoms with van der Waals surface area (Å²) in [5, 5.41) is 0. The summed E-state index contributed by atoms with van der Waals surface area (Å²) in [6.45, 7) is 2.17. The Kier molecular flexibility index (Phi) is 17.0. The van der Waals surface area contributed by atoms with Gasteiger partial charge in [0.05, 0.1) is 0 Å². The molecule has 2 atom stereocenters. The van der Waals surface area contributed by atoms with Crippen molar-refractivity contribution in [1.29, 1.82) is 0 Å². The highest BCUT2D eigenvalue weighted by atomic mass is 32.7. The summed E-state index contributed by atoms with van der Waals surface area (Å²) in [5.74, 6) is 0. The fraction of sp³-hybridized carbons (Fsp3) is 1.00. The third-order valence-corrected chi connectivity index (χ3v) is 1.84. The van der Waals surface area contributed by atoms with Crippen molar-refractivity contribution in [3.05, 3.63) is 0 Å². The van der Waals surface area contributed by atoms with Crippen molar-refractivity contribution in [2.24, 2.45) is 0 Å². The molecule has 0 rings (SSSR count). The SMILES string of the molecule is CPSC.P. The highest BCUT2D eigenvalue weighted by Gasteiger charge is 1.54. The zero-order valence-electron chi connectivity index (χ0n) is 3.62. The van der Waals surface area contributed by atoms with Crippen LogP contribution in [0.2, 0.25) is 0 Å². The van der Waals surface area contributed by atoms with Gasteiger partial charge < -0.3 is 0 Å². The van der Waals surface area contributed by atoms with E-state index < -0.39 is 0 Å². The van der Waals surface area contributed by atoms with Crippen molar-refractivity contribution in [1.82, 2.24) is 0 Å².